The zero-order valence-electron chi connectivity index (χ0n) is 8.16. The van der Waals surface area contributed by atoms with Crippen molar-refractivity contribution >= 4 is 5.78 Å². The molecule has 0 fully saturated rings. The average Bonchev–Trinajstić information content (AvgIpc) is 2.17. The van der Waals surface area contributed by atoms with Crippen LogP contribution in [0, 0.1) is 0 Å². The lowest BCUT2D eigenvalue weighted by molar-refractivity contribution is -0.156. The second kappa shape index (κ2) is 5.14. The summed E-state index contributed by atoms with van der Waals surface area (Å²) in [5.41, 5.74) is 0. The number of rotatable bonds is 4. The summed E-state index contributed by atoms with van der Waals surface area (Å²) in [7, 11) is 1.57. The van der Waals surface area contributed by atoms with Crippen molar-refractivity contribution in [1.29, 1.82) is 0 Å². The number of ketones is 1. The first-order valence-corrected chi connectivity index (χ1v) is 4.68. The van der Waals surface area contributed by atoms with Crippen LogP contribution in [0.2, 0.25) is 0 Å². The van der Waals surface area contributed by atoms with E-state index in [1.165, 1.54) is 0 Å². The molecule has 0 N–H and O–H groups in total. The molecule has 3 heteroatoms. The van der Waals surface area contributed by atoms with Gasteiger partial charge in [-0.1, -0.05) is 19.8 Å². The van der Waals surface area contributed by atoms with Crippen molar-refractivity contribution in [3.63, 3.8) is 0 Å². The average molecular weight is 184 g/mol. The van der Waals surface area contributed by atoms with E-state index in [9.17, 15) is 4.79 Å². The van der Waals surface area contributed by atoms with Crippen molar-refractivity contribution in [3.05, 3.63) is 12.2 Å². The fourth-order valence-electron chi connectivity index (χ4n) is 1.29. The lowest BCUT2D eigenvalue weighted by Gasteiger charge is -2.23. The van der Waals surface area contributed by atoms with E-state index in [0.29, 0.717) is 0 Å². The summed E-state index contributed by atoms with van der Waals surface area (Å²) < 4.78 is 10.4. The number of ether oxygens (including phenoxy) is 2. The van der Waals surface area contributed by atoms with Crippen molar-refractivity contribution in [2.24, 2.45) is 0 Å². The van der Waals surface area contributed by atoms with Crippen LogP contribution in [0.4, 0.5) is 0 Å². The Bertz CT molecular complexity index is 198. The second-order valence-corrected chi connectivity index (χ2v) is 3.13. The zero-order chi connectivity index (χ0) is 9.68. The molecule has 0 radical (unpaired) electrons. The van der Waals surface area contributed by atoms with Gasteiger partial charge < -0.3 is 9.47 Å². The molecular formula is C10H16O3. The van der Waals surface area contributed by atoms with Crippen molar-refractivity contribution in [2.75, 3.05) is 7.11 Å². The summed E-state index contributed by atoms with van der Waals surface area (Å²) in [5.74, 6) is 0.0572. The molecule has 0 aromatic rings. The van der Waals surface area contributed by atoms with Gasteiger partial charge in [0.2, 0.25) is 0 Å². The van der Waals surface area contributed by atoms with E-state index in [1.54, 1.807) is 19.3 Å². The SMILES string of the molecule is CCCC[C@H]1O[C@H](OC)C=CC1=O. The molecule has 13 heavy (non-hydrogen) atoms. The van der Waals surface area contributed by atoms with E-state index < -0.39 is 0 Å². The smallest absolute Gasteiger partial charge is 0.184 e. The molecule has 1 aliphatic rings. The van der Waals surface area contributed by atoms with Gasteiger partial charge in [0.05, 0.1) is 0 Å². The Hall–Kier alpha value is -0.670. The van der Waals surface area contributed by atoms with Gasteiger partial charge in [-0.05, 0) is 18.6 Å². The van der Waals surface area contributed by atoms with Crippen molar-refractivity contribution in [2.45, 2.75) is 38.6 Å². The molecule has 0 unspecified atom stereocenters. The van der Waals surface area contributed by atoms with Crippen LogP contribution < -0.4 is 0 Å². The molecule has 0 aliphatic carbocycles. The number of hydrogen-bond acceptors (Lipinski definition) is 3. The Morgan fingerprint density at radius 2 is 2.38 bits per heavy atom. The Balaban J connectivity index is 2.45. The molecule has 1 aliphatic heterocycles. The highest BCUT2D eigenvalue weighted by Crippen LogP contribution is 2.15. The van der Waals surface area contributed by atoms with Gasteiger partial charge in [-0.25, -0.2) is 0 Å². The molecule has 1 heterocycles. The Kier molecular flexibility index (Phi) is 4.12. The van der Waals surface area contributed by atoms with Crippen molar-refractivity contribution < 1.29 is 14.3 Å². The summed E-state index contributed by atoms with van der Waals surface area (Å²) in [6.07, 6.45) is 5.44. The van der Waals surface area contributed by atoms with E-state index in [0.717, 1.165) is 19.3 Å². The number of hydrogen-bond donors (Lipinski definition) is 0. The lowest BCUT2D eigenvalue weighted by Crippen LogP contribution is -2.32. The standard InChI is InChI=1S/C10H16O3/c1-3-4-5-9-8(11)6-7-10(12-2)13-9/h6-7,9-10H,3-5H2,1-2H3/t9-,10+/m1/s1. The summed E-state index contributed by atoms with van der Waals surface area (Å²) in [5, 5.41) is 0. The third-order valence-corrected chi connectivity index (χ3v) is 2.09. The monoisotopic (exact) mass is 184 g/mol. The van der Waals surface area contributed by atoms with Crippen LogP contribution in [0.3, 0.4) is 0 Å². The first kappa shape index (κ1) is 10.4. The Morgan fingerprint density at radius 3 is 3.00 bits per heavy atom. The van der Waals surface area contributed by atoms with Gasteiger partial charge in [-0.3, -0.25) is 4.79 Å². The molecule has 0 saturated carbocycles. The van der Waals surface area contributed by atoms with Crippen LogP contribution in [0.25, 0.3) is 0 Å². The van der Waals surface area contributed by atoms with Gasteiger partial charge in [0.1, 0.15) is 6.10 Å². The third kappa shape index (κ3) is 2.94. The van der Waals surface area contributed by atoms with Crippen LogP contribution >= 0.6 is 0 Å². The molecule has 0 amide bonds. The predicted octanol–water partition coefficient (Wildman–Crippen LogP) is 1.67. The predicted molar refractivity (Wildman–Crippen MR) is 49.3 cm³/mol. The Labute approximate surface area is 78.7 Å². The van der Waals surface area contributed by atoms with Crippen LogP contribution in [0.1, 0.15) is 26.2 Å². The van der Waals surface area contributed by atoms with Crippen molar-refractivity contribution in [3.8, 4) is 0 Å². The fourth-order valence-corrected chi connectivity index (χ4v) is 1.29. The number of carbonyl (C=O) groups excluding carboxylic acids is 1. The number of methoxy groups -OCH3 is 1. The van der Waals surface area contributed by atoms with E-state index >= 15 is 0 Å². The minimum Gasteiger partial charge on any atom is -0.352 e. The quantitative estimate of drug-likeness (QED) is 0.666. The van der Waals surface area contributed by atoms with E-state index in [4.69, 9.17) is 9.47 Å². The van der Waals surface area contributed by atoms with Gasteiger partial charge in [0, 0.05) is 7.11 Å². The van der Waals surface area contributed by atoms with Gasteiger partial charge in [-0.15, -0.1) is 0 Å². The lowest BCUT2D eigenvalue weighted by atomic mass is 10.1. The molecule has 0 aromatic heterocycles. The molecule has 0 spiro atoms. The van der Waals surface area contributed by atoms with Gasteiger partial charge in [0.25, 0.3) is 0 Å². The molecule has 3 nitrogen and oxygen atoms in total. The molecule has 0 aromatic carbocycles. The maximum absolute atomic E-state index is 11.3. The zero-order valence-corrected chi connectivity index (χ0v) is 8.16. The number of carbonyl (C=O) groups is 1. The minimum absolute atomic E-state index is 0.0572. The summed E-state index contributed by atoms with van der Waals surface area (Å²) in [6.45, 7) is 2.09. The van der Waals surface area contributed by atoms with Gasteiger partial charge in [-0.2, -0.15) is 0 Å². The summed E-state index contributed by atoms with van der Waals surface area (Å²) in [6, 6.07) is 0. The third-order valence-electron chi connectivity index (χ3n) is 2.09. The maximum atomic E-state index is 11.3. The first-order valence-electron chi connectivity index (χ1n) is 4.68. The largest absolute Gasteiger partial charge is 0.352 e. The van der Waals surface area contributed by atoms with Crippen LogP contribution in [0.15, 0.2) is 12.2 Å². The van der Waals surface area contributed by atoms with E-state index in [-0.39, 0.29) is 18.2 Å². The van der Waals surface area contributed by atoms with Gasteiger partial charge in [0.15, 0.2) is 12.1 Å². The highest BCUT2D eigenvalue weighted by molar-refractivity contribution is 5.94. The van der Waals surface area contributed by atoms with E-state index in [1.807, 2.05) is 0 Å². The van der Waals surface area contributed by atoms with Crippen molar-refractivity contribution in [1.82, 2.24) is 0 Å². The molecule has 2 atom stereocenters. The summed E-state index contributed by atoms with van der Waals surface area (Å²) >= 11 is 0. The van der Waals surface area contributed by atoms with E-state index in [2.05, 4.69) is 6.92 Å². The minimum atomic E-state index is -0.348. The fraction of sp³-hybridized carbons (Fsp3) is 0.700. The maximum Gasteiger partial charge on any atom is 0.184 e. The van der Waals surface area contributed by atoms with Crippen LogP contribution in [0.5, 0.6) is 0 Å². The van der Waals surface area contributed by atoms with Gasteiger partial charge >= 0.3 is 0 Å². The second-order valence-electron chi connectivity index (χ2n) is 3.13. The number of unbranched alkanes of at least 4 members (excludes halogenated alkanes) is 1. The molecule has 0 saturated heterocycles. The normalized spacial score (nSPS) is 28.0. The van der Waals surface area contributed by atoms with Crippen LogP contribution in [-0.4, -0.2) is 25.3 Å². The van der Waals surface area contributed by atoms with Crippen LogP contribution in [-0.2, 0) is 14.3 Å². The summed E-state index contributed by atoms with van der Waals surface area (Å²) in [4.78, 5) is 11.3. The highest BCUT2D eigenvalue weighted by atomic mass is 16.7. The molecule has 1 rings (SSSR count). The molecule has 0 bridgehead atoms. The topological polar surface area (TPSA) is 35.5 Å². The molecule has 74 valence electrons. The molecular weight excluding hydrogens is 168 g/mol. The first-order chi connectivity index (χ1) is 6.27. The Morgan fingerprint density at radius 1 is 1.62 bits per heavy atom. The highest BCUT2D eigenvalue weighted by Gasteiger charge is 2.23.